The van der Waals surface area contributed by atoms with Crippen LogP contribution in [0.1, 0.15) is 115 Å². The number of aromatic nitrogens is 3. The predicted molar refractivity (Wildman–Crippen MR) is 276 cm³/mol. The van der Waals surface area contributed by atoms with Crippen LogP contribution < -0.4 is 0 Å². The van der Waals surface area contributed by atoms with Gasteiger partial charge in [0.05, 0.1) is 39.8 Å². The molecule has 1 aliphatic heterocycles. The standard InChI is InChI=1S/C31H35F3N3S2.C19H15N3O6.CNS.Ru/c1-3-5-7-9-11-22-15-21-17-28-24(18-27(21)38-22)23(12-10-8-6-4-2)30(39-28)20-13-14-37-26(16-20)25(35)19-29(36)31(32,33)34;1-9-12(19(27)28)3-5-21-16(9)15-8-11(18(25)26)7-14(22-15)13-6-10(17(23)24)2-4-20-13;2-1-3;/h13-19,35-36H,3-12H2,1-2H3;2-9,12H,1H3,(H,23,24)(H,25,26)(H,27,28);;/q-1;;-1;+2/b25-19-,36-29?;;;. The van der Waals surface area contributed by atoms with Crippen LogP contribution in [-0.4, -0.2) is 70.9 Å². The van der Waals surface area contributed by atoms with E-state index in [4.69, 9.17) is 21.7 Å². The predicted octanol–water partition coefficient (Wildman–Crippen LogP) is 14.2. The molecule has 2 unspecified atom stereocenters. The van der Waals surface area contributed by atoms with E-state index in [0.717, 1.165) is 42.5 Å². The SMILES string of the molecule is CC1C(c2cc(C(=O)O)cc(-c3cc(C(=O)O)ccn3)n2)=NC=CC1C(=O)O.CCCCCCc1cc2cc3sc(-c4ccnc(/C([NH-])=C/C(=N)C(F)(F)F)c4)c(CCCCCC)c3cc2s1.[N-]=C=S.[Ru+2]. The van der Waals surface area contributed by atoms with Gasteiger partial charge in [-0.1, -0.05) is 77.6 Å². The summed E-state index contributed by atoms with van der Waals surface area (Å²) < 4.78 is 41.1. The molecule has 71 heavy (non-hydrogen) atoms. The summed E-state index contributed by atoms with van der Waals surface area (Å²) in [5.74, 6) is -4.75. The fourth-order valence-corrected chi connectivity index (χ4v) is 10.1. The fraction of sp³-hybridized carbons (Fsp3) is 0.314. The third kappa shape index (κ3) is 15.4. The van der Waals surface area contributed by atoms with Crippen molar-refractivity contribution in [2.75, 3.05) is 0 Å². The zero-order chi connectivity index (χ0) is 51.1. The Balaban J connectivity index is 0.000000302. The Hall–Kier alpha value is -6.17. The van der Waals surface area contributed by atoms with Crippen molar-refractivity contribution < 1.29 is 62.4 Å². The molecule has 0 radical (unpaired) electrons. The molecule has 0 saturated carbocycles. The normalized spacial score (nSPS) is 14.3. The Morgan fingerprint density at radius 1 is 0.845 bits per heavy atom. The van der Waals surface area contributed by atoms with Crippen LogP contribution in [0.5, 0.6) is 0 Å². The number of aliphatic imine (C=N–C) groups is 1. The van der Waals surface area contributed by atoms with E-state index in [0.29, 0.717) is 11.8 Å². The summed E-state index contributed by atoms with van der Waals surface area (Å²) in [6.07, 6.45) is 13.0. The van der Waals surface area contributed by atoms with Crippen LogP contribution in [0.3, 0.4) is 0 Å². The van der Waals surface area contributed by atoms with Gasteiger partial charge in [-0.05, 0) is 108 Å². The molecule has 0 fully saturated rings. The summed E-state index contributed by atoms with van der Waals surface area (Å²) in [7, 11) is 0. The molecule has 0 spiro atoms. The second kappa shape index (κ2) is 26.9. The van der Waals surface area contributed by atoms with Crippen molar-refractivity contribution in [3.8, 4) is 21.8 Å². The first-order valence-corrected chi connectivity index (χ1v) is 24.4. The van der Waals surface area contributed by atoms with E-state index >= 15 is 0 Å². The summed E-state index contributed by atoms with van der Waals surface area (Å²) in [6, 6.07) is 15.6. The molecule has 1 aliphatic rings. The molecule has 372 valence electrons. The summed E-state index contributed by atoms with van der Waals surface area (Å²) in [6.45, 7) is 6.09. The van der Waals surface area contributed by atoms with Gasteiger partial charge in [-0.15, -0.1) is 28.4 Å². The number of rotatable bonds is 18. The molecule has 5 N–H and O–H groups in total. The molecule has 13 nitrogen and oxygen atoms in total. The average Bonchev–Trinajstić information content (AvgIpc) is 3.90. The Morgan fingerprint density at radius 3 is 2.11 bits per heavy atom. The molecule has 6 aromatic rings. The van der Waals surface area contributed by atoms with Crippen molar-refractivity contribution in [2.24, 2.45) is 16.8 Å². The number of alkyl halides is 3. The Labute approximate surface area is 434 Å². The number of carboxylic acids is 3. The van der Waals surface area contributed by atoms with Gasteiger partial charge in [0.2, 0.25) is 0 Å². The average molecular weight is 1110 g/mol. The first-order chi connectivity index (χ1) is 33.4. The number of carboxylic acid groups (broad SMARTS) is 3. The van der Waals surface area contributed by atoms with Crippen molar-refractivity contribution in [3.63, 3.8) is 0 Å². The zero-order valence-electron chi connectivity index (χ0n) is 38.8. The Bertz CT molecular complexity index is 3020. The molecule has 1 aromatic carbocycles. The number of hydrogen-bond donors (Lipinski definition) is 4. The quantitative estimate of drug-likeness (QED) is 0.0275. The molecular formula is C51H50F3N7O6RuS3. The number of hydrogen-bond acceptors (Lipinski definition) is 11. The number of pyridine rings is 3. The number of thiocarbonyl (C=S) groups is 1. The van der Waals surface area contributed by atoms with E-state index in [2.05, 4.69) is 64.2 Å². The number of aryl methyl sites for hydroxylation is 2. The van der Waals surface area contributed by atoms with E-state index in [1.807, 2.05) is 17.4 Å². The minimum Gasteiger partial charge on any atom is -0.753 e. The number of allylic oxidation sites excluding steroid dienone is 1. The first kappa shape index (κ1) is 57.4. The number of fused-ring (bicyclic) bond motifs is 2. The van der Waals surface area contributed by atoms with Gasteiger partial charge in [-0.3, -0.25) is 25.2 Å². The van der Waals surface area contributed by atoms with Gasteiger partial charge in [0.25, 0.3) is 0 Å². The summed E-state index contributed by atoms with van der Waals surface area (Å²) in [5, 5.41) is 46.1. The number of thiophene rings is 2. The number of nitrogens with zero attached hydrogens (tertiary/aromatic N) is 5. The number of isothiocyanates is 1. The third-order valence-corrected chi connectivity index (χ3v) is 13.7. The minimum atomic E-state index is -4.79. The topological polar surface area (TPSA) is 233 Å². The molecule has 0 saturated heterocycles. The number of halogens is 3. The maximum atomic E-state index is 12.9. The summed E-state index contributed by atoms with van der Waals surface area (Å²) in [4.78, 5) is 53.5. The Kier molecular flexibility index (Phi) is 21.7. The first-order valence-electron chi connectivity index (χ1n) is 22.4. The molecule has 0 amide bonds. The van der Waals surface area contributed by atoms with Gasteiger partial charge in [-0.25, -0.2) is 14.6 Å². The second-order valence-corrected chi connectivity index (χ2v) is 18.7. The molecule has 6 heterocycles. The van der Waals surface area contributed by atoms with Gasteiger partial charge in [-0.2, -0.15) is 18.3 Å². The fourth-order valence-electron chi connectivity index (χ4n) is 7.70. The monoisotopic (exact) mass is 1110 g/mol. The number of aliphatic carboxylic acids is 1. The number of aromatic carboxylic acids is 2. The van der Waals surface area contributed by atoms with Crippen molar-refractivity contribution in [2.45, 2.75) is 91.2 Å². The third-order valence-electron chi connectivity index (χ3n) is 11.3. The molecule has 0 bridgehead atoms. The van der Waals surface area contributed by atoms with E-state index in [1.54, 1.807) is 30.5 Å². The molecule has 5 aromatic heterocycles. The van der Waals surface area contributed by atoms with E-state index < -0.39 is 47.3 Å². The molecule has 7 rings (SSSR count). The second-order valence-electron chi connectivity index (χ2n) is 16.3. The maximum absolute atomic E-state index is 12.9. The number of benzene rings is 1. The minimum absolute atomic E-state index is 0. The number of nitrogens with one attached hydrogen (secondary N) is 2. The van der Waals surface area contributed by atoms with Crippen molar-refractivity contribution in [3.05, 3.63) is 129 Å². The smallest absolute Gasteiger partial charge is 0.753 e. The summed E-state index contributed by atoms with van der Waals surface area (Å²) in [5.41, 5.74) is 9.13. The van der Waals surface area contributed by atoms with Crippen LogP contribution in [0.25, 0.3) is 58.8 Å². The van der Waals surface area contributed by atoms with E-state index in [-0.39, 0.29) is 53.4 Å². The van der Waals surface area contributed by atoms with E-state index in [1.165, 1.54) is 111 Å². The molecule has 20 heteroatoms. The number of carbonyl (C=O) groups is 3. The van der Waals surface area contributed by atoms with Crippen LogP contribution in [0.15, 0.2) is 90.3 Å². The van der Waals surface area contributed by atoms with Gasteiger partial charge in [0, 0.05) is 49.4 Å². The van der Waals surface area contributed by atoms with Crippen LogP contribution in [0, 0.1) is 17.2 Å². The van der Waals surface area contributed by atoms with Gasteiger partial charge in [0.15, 0.2) is 0 Å². The van der Waals surface area contributed by atoms with Crippen LogP contribution in [0.4, 0.5) is 13.2 Å². The molecule has 0 aliphatic carbocycles. The molecular weight excluding hydrogens is 1060 g/mol. The Morgan fingerprint density at radius 2 is 1.48 bits per heavy atom. The van der Waals surface area contributed by atoms with Crippen LogP contribution >= 0.6 is 34.9 Å². The summed E-state index contributed by atoms with van der Waals surface area (Å²) >= 11 is 7.28. The van der Waals surface area contributed by atoms with Crippen LogP contribution in [-0.2, 0) is 37.1 Å². The molecule has 2 atom stereocenters. The van der Waals surface area contributed by atoms with Gasteiger partial charge >= 0.3 is 43.6 Å². The maximum Gasteiger partial charge on any atom is 2.00 e. The van der Waals surface area contributed by atoms with Crippen LogP contribution in [0.2, 0.25) is 0 Å². The van der Waals surface area contributed by atoms with Crippen molar-refractivity contribution in [1.29, 1.82) is 5.41 Å². The van der Waals surface area contributed by atoms with E-state index in [9.17, 15) is 37.8 Å². The van der Waals surface area contributed by atoms with Gasteiger partial charge < -0.3 is 26.5 Å². The van der Waals surface area contributed by atoms with Gasteiger partial charge in [0.1, 0.15) is 5.71 Å². The largest absolute Gasteiger partial charge is 2.00 e. The van der Waals surface area contributed by atoms with Crippen molar-refractivity contribution in [1.82, 2.24) is 15.0 Å². The van der Waals surface area contributed by atoms with Crippen molar-refractivity contribution >= 4 is 95.3 Å². The zero-order valence-corrected chi connectivity index (χ0v) is 43.0. The number of unbranched alkanes of at least 4 members (excludes halogenated alkanes) is 6.